The lowest BCUT2D eigenvalue weighted by Gasteiger charge is -2.20. The number of nitrogens with zero attached hydrogens (tertiary/aromatic N) is 1. The Bertz CT molecular complexity index is 1030. The summed E-state index contributed by atoms with van der Waals surface area (Å²) in [5, 5.41) is 2.83. The van der Waals surface area contributed by atoms with Crippen LogP contribution in [0.1, 0.15) is 34.5 Å². The number of nitrogens with one attached hydrogen (secondary N) is 2. The smallest absolute Gasteiger partial charge is 0.259 e. The van der Waals surface area contributed by atoms with Crippen molar-refractivity contribution in [2.75, 3.05) is 17.5 Å². The zero-order chi connectivity index (χ0) is 20.5. The predicted molar refractivity (Wildman–Crippen MR) is 108 cm³/mol. The molecule has 7 nitrogen and oxygen atoms in total. The van der Waals surface area contributed by atoms with E-state index in [0.717, 1.165) is 17.4 Å². The summed E-state index contributed by atoms with van der Waals surface area (Å²) in [6, 6.07) is 13.5. The molecular weight excluding hydrogens is 378 g/mol. The molecule has 8 heteroatoms. The number of carbonyl (C=O) groups excluding carboxylic acids is 2. The van der Waals surface area contributed by atoms with E-state index in [2.05, 4.69) is 16.6 Å². The van der Waals surface area contributed by atoms with Crippen molar-refractivity contribution in [3.63, 3.8) is 0 Å². The first-order valence-electron chi connectivity index (χ1n) is 8.63. The third kappa shape index (κ3) is 4.23. The normalized spacial score (nSPS) is 14.6. The molecule has 0 aromatic heterocycles. The molecule has 2 aromatic carbocycles. The van der Waals surface area contributed by atoms with Crippen molar-refractivity contribution in [3.05, 3.63) is 71.8 Å². The van der Waals surface area contributed by atoms with Gasteiger partial charge in [-0.15, -0.1) is 0 Å². The van der Waals surface area contributed by atoms with Crippen LogP contribution >= 0.6 is 0 Å². The van der Waals surface area contributed by atoms with Gasteiger partial charge in [-0.25, -0.2) is 8.42 Å². The maximum absolute atomic E-state index is 12.5. The molecule has 1 aliphatic heterocycles. The number of hydrogen-bond acceptors (Lipinski definition) is 4. The van der Waals surface area contributed by atoms with Gasteiger partial charge in [0.1, 0.15) is 6.54 Å². The summed E-state index contributed by atoms with van der Waals surface area (Å²) in [5.41, 5.74) is 2.92. The number of sulfonamides is 1. The number of rotatable bonds is 6. The lowest BCUT2D eigenvalue weighted by Crippen LogP contribution is -2.38. The van der Waals surface area contributed by atoms with Crippen LogP contribution in [-0.2, 0) is 14.8 Å². The van der Waals surface area contributed by atoms with E-state index >= 15 is 0 Å². The summed E-state index contributed by atoms with van der Waals surface area (Å²) in [7, 11) is -3.39. The van der Waals surface area contributed by atoms with Crippen LogP contribution in [0.4, 0.5) is 5.69 Å². The highest BCUT2D eigenvalue weighted by atomic mass is 32.2. The molecule has 0 radical (unpaired) electrons. The van der Waals surface area contributed by atoms with Crippen molar-refractivity contribution >= 4 is 33.2 Å². The average Bonchev–Trinajstić information content (AvgIpc) is 2.86. The van der Waals surface area contributed by atoms with Crippen LogP contribution < -0.4 is 10.0 Å². The molecule has 1 atom stereocenters. The fourth-order valence-electron chi connectivity index (χ4n) is 3.10. The molecule has 0 saturated heterocycles. The van der Waals surface area contributed by atoms with Crippen molar-refractivity contribution in [1.82, 2.24) is 10.2 Å². The second kappa shape index (κ2) is 7.47. The molecule has 0 spiro atoms. The topological polar surface area (TPSA) is 95.6 Å². The minimum Gasteiger partial charge on any atom is -0.348 e. The highest BCUT2D eigenvalue weighted by molar-refractivity contribution is 7.92. The molecule has 3 rings (SSSR count). The third-order valence-electron chi connectivity index (χ3n) is 4.41. The van der Waals surface area contributed by atoms with Gasteiger partial charge in [-0.3, -0.25) is 19.2 Å². The number of anilines is 1. The maximum Gasteiger partial charge on any atom is 0.259 e. The van der Waals surface area contributed by atoms with Gasteiger partial charge in [-0.05, 0) is 30.7 Å². The van der Waals surface area contributed by atoms with Gasteiger partial charge in [-0.2, -0.15) is 0 Å². The SMILES string of the molecule is C=C1c2ccccc2C(=O)N1CC(=O)NC(C)c1cccc(NS(C)(=O)=O)c1. The van der Waals surface area contributed by atoms with Crippen LogP contribution in [0.15, 0.2) is 55.1 Å². The molecule has 28 heavy (non-hydrogen) atoms. The van der Waals surface area contributed by atoms with Gasteiger partial charge in [-0.1, -0.05) is 36.9 Å². The minimum atomic E-state index is -3.39. The number of amides is 2. The molecule has 2 N–H and O–H groups in total. The van der Waals surface area contributed by atoms with Crippen LogP contribution in [0.25, 0.3) is 5.70 Å². The highest BCUT2D eigenvalue weighted by Crippen LogP contribution is 2.30. The third-order valence-corrected chi connectivity index (χ3v) is 5.01. The molecular formula is C20H21N3O4S. The first-order chi connectivity index (χ1) is 13.2. The molecule has 146 valence electrons. The molecule has 0 saturated carbocycles. The van der Waals surface area contributed by atoms with Crippen LogP contribution in [0.2, 0.25) is 0 Å². The number of carbonyl (C=O) groups is 2. The summed E-state index contributed by atoms with van der Waals surface area (Å²) >= 11 is 0. The second-order valence-electron chi connectivity index (χ2n) is 6.67. The van der Waals surface area contributed by atoms with Gasteiger partial charge in [0.25, 0.3) is 5.91 Å². The zero-order valence-electron chi connectivity index (χ0n) is 15.6. The van der Waals surface area contributed by atoms with Gasteiger partial charge in [0, 0.05) is 22.5 Å². The Kier molecular flexibility index (Phi) is 5.24. The predicted octanol–water partition coefficient (Wildman–Crippen LogP) is 2.36. The molecule has 2 aromatic rings. The van der Waals surface area contributed by atoms with E-state index in [9.17, 15) is 18.0 Å². The number of benzene rings is 2. The monoisotopic (exact) mass is 399 g/mol. The molecule has 0 bridgehead atoms. The van der Waals surface area contributed by atoms with E-state index in [-0.39, 0.29) is 24.4 Å². The van der Waals surface area contributed by atoms with E-state index in [1.165, 1.54) is 4.90 Å². The van der Waals surface area contributed by atoms with Gasteiger partial charge in [0.2, 0.25) is 15.9 Å². The molecule has 2 amide bonds. The number of hydrogen-bond donors (Lipinski definition) is 2. The zero-order valence-corrected chi connectivity index (χ0v) is 16.4. The molecule has 0 aliphatic carbocycles. The van der Waals surface area contributed by atoms with Gasteiger partial charge >= 0.3 is 0 Å². The van der Waals surface area contributed by atoms with E-state index in [1.54, 1.807) is 49.4 Å². The Balaban J connectivity index is 1.67. The van der Waals surface area contributed by atoms with Gasteiger partial charge in [0.15, 0.2) is 0 Å². The summed E-state index contributed by atoms with van der Waals surface area (Å²) < 4.78 is 25.2. The molecule has 1 aliphatic rings. The maximum atomic E-state index is 12.5. The molecule has 1 unspecified atom stereocenters. The Labute approximate surface area is 164 Å². The highest BCUT2D eigenvalue weighted by Gasteiger charge is 2.32. The first kappa shape index (κ1) is 19.6. The Morgan fingerprint density at radius 3 is 2.46 bits per heavy atom. The van der Waals surface area contributed by atoms with Crippen LogP contribution in [0.3, 0.4) is 0 Å². The van der Waals surface area contributed by atoms with Gasteiger partial charge in [0.05, 0.1) is 12.3 Å². The molecule has 0 fully saturated rings. The summed E-state index contributed by atoms with van der Waals surface area (Å²) in [5.74, 6) is -0.584. The summed E-state index contributed by atoms with van der Waals surface area (Å²) in [4.78, 5) is 26.3. The Hall–Kier alpha value is -3.13. The van der Waals surface area contributed by atoms with Crippen molar-refractivity contribution in [2.24, 2.45) is 0 Å². The van der Waals surface area contributed by atoms with Crippen molar-refractivity contribution < 1.29 is 18.0 Å². The lowest BCUT2D eigenvalue weighted by atomic mass is 10.1. The number of fused-ring (bicyclic) bond motifs is 1. The van der Waals surface area contributed by atoms with E-state index in [0.29, 0.717) is 16.9 Å². The average molecular weight is 399 g/mol. The minimum absolute atomic E-state index is 0.141. The quantitative estimate of drug-likeness (QED) is 0.779. The summed E-state index contributed by atoms with van der Waals surface area (Å²) in [6.45, 7) is 5.57. The van der Waals surface area contributed by atoms with Crippen molar-refractivity contribution in [1.29, 1.82) is 0 Å². The van der Waals surface area contributed by atoms with E-state index in [4.69, 9.17) is 0 Å². The fraction of sp³-hybridized carbons (Fsp3) is 0.200. The molecule has 1 heterocycles. The Morgan fingerprint density at radius 2 is 1.82 bits per heavy atom. The van der Waals surface area contributed by atoms with Crippen LogP contribution in [0.5, 0.6) is 0 Å². The van der Waals surface area contributed by atoms with Crippen molar-refractivity contribution in [3.8, 4) is 0 Å². The Morgan fingerprint density at radius 1 is 1.14 bits per heavy atom. The van der Waals surface area contributed by atoms with E-state index in [1.807, 2.05) is 6.07 Å². The van der Waals surface area contributed by atoms with Gasteiger partial charge < -0.3 is 5.32 Å². The summed E-state index contributed by atoms with van der Waals surface area (Å²) in [6.07, 6.45) is 1.07. The van der Waals surface area contributed by atoms with Crippen LogP contribution in [0, 0.1) is 0 Å². The second-order valence-corrected chi connectivity index (χ2v) is 8.42. The van der Waals surface area contributed by atoms with Crippen LogP contribution in [-0.4, -0.2) is 37.9 Å². The standard InChI is InChI=1S/C20H21N3O4S/c1-13(15-7-6-8-16(11-15)22-28(3,26)27)21-19(24)12-23-14(2)17-9-4-5-10-18(17)20(23)25/h4-11,13,22H,2,12H2,1,3H3,(H,21,24). The lowest BCUT2D eigenvalue weighted by molar-refractivity contribution is -0.121. The van der Waals surface area contributed by atoms with Crippen molar-refractivity contribution in [2.45, 2.75) is 13.0 Å². The van der Waals surface area contributed by atoms with E-state index < -0.39 is 10.0 Å². The fourth-order valence-corrected chi connectivity index (χ4v) is 3.66. The first-order valence-corrected chi connectivity index (χ1v) is 10.5. The largest absolute Gasteiger partial charge is 0.348 e.